The molecule has 1 amide bonds. The third-order valence-electron chi connectivity index (χ3n) is 3.99. The van der Waals surface area contributed by atoms with E-state index in [9.17, 15) is 4.79 Å². The van der Waals surface area contributed by atoms with Gasteiger partial charge in [0.15, 0.2) is 0 Å². The van der Waals surface area contributed by atoms with Gasteiger partial charge in [0.2, 0.25) is 0 Å². The third kappa shape index (κ3) is 3.31. The fraction of sp³-hybridized carbons (Fsp3) is 0.533. The zero-order chi connectivity index (χ0) is 13.2. The van der Waals surface area contributed by atoms with Gasteiger partial charge in [-0.1, -0.05) is 0 Å². The lowest BCUT2D eigenvalue weighted by molar-refractivity contribution is 0.0632. The van der Waals surface area contributed by atoms with E-state index in [1.165, 1.54) is 19.4 Å². The number of carbonyl (C=O) groups excluding carboxylic acids is 1. The van der Waals surface area contributed by atoms with E-state index in [0.717, 1.165) is 42.6 Å². The molecule has 0 atom stereocenters. The molecule has 1 saturated carbocycles. The molecule has 1 saturated heterocycles. The lowest BCUT2D eigenvalue weighted by Crippen LogP contribution is -2.49. The van der Waals surface area contributed by atoms with Gasteiger partial charge < -0.3 is 4.90 Å². The minimum absolute atomic E-state index is 0.152. The number of carbonyl (C=O) groups is 1. The van der Waals surface area contributed by atoms with Crippen molar-refractivity contribution in [2.45, 2.75) is 17.7 Å². The SMILES string of the molecule is O=C(c1ccc(S)cc1)N1CCN(CC2CC2)CC1. The Morgan fingerprint density at radius 2 is 1.74 bits per heavy atom. The molecule has 1 heterocycles. The van der Waals surface area contributed by atoms with Gasteiger partial charge in [-0.2, -0.15) is 0 Å². The maximum absolute atomic E-state index is 12.3. The second-order valence-corrected chi connectivity index (χ2v) is 6.10. The van der Waals surface area contributed by atoms with Crippen molar-refractivity contribution in [2.75, 3.05) is 32.7 Å². The molecule has 0 N–H and O–H groups in total. The molecule has 4 heteroatoms. The summed E-state index contributed by atoms with van der Waals surface area (Å²) in [5.41, 5.74) is 0.772. The highest BCUT2D eigenvalue weighted by Gasteiger charge is 2.27. The van der Waals surface area contributed by atoms with E-state index < -0.39 is 0 Å². The monoisotopic (exact) mass is 276 g/mol. The van der Waals surface area contributed by atoms with Gasteiger partial charge in [-0.3, -0.25) is 9.69 Å². The molecule has 0 unspecified atom stereocenters. The zero-order valence-corrected chi connectivity index (χ0v) is 12.0. The summed E-state index contributed by atoms with van der Waals surface area (Å²) in [6.07, 6.45) is 2.80. The molecule has 1 aromatic carbocycles. The molecule has 1 aliphatic heterocycles. The van der Waals surface area contributed by atoms with E-state index in [1.54, 1.807) is 0 Å². The van der Waals surface area contributed by atoms with Gasteiger partial charge in [-0.15, -0.1) is 12.6 Å². The second kappa shape index (κ2) is 5.55. The van der Waals surface area contributed by atoms with Crippen LogP contribution in [0.3, 0.4) is 0 Å². The van der Waals surface area contributed by atoms with Gasteiger partial charge in [0.1, 0.15) is 0 Å². The van der Waals surface area contributed by atoms with Crippen LogP contribution in [0, 0.1) is 5.92 Å². The molecule has 0 radical (unpaired) electrons. The Kier molecular flexibility index (Phi) is 3.80. The Morgan fingerprint density at radius 1 is 1.11 bits per heavy atom. The predicted octanol–water partition coefficient (Wildman–Crippen LogP) is 2.14. The molecule has 1 aliphatic carbocycles. The number of rotatable bonds is 3. The summed E-state index contributed by atoms with van der Waals surface area (Å²) in [6, 6.07) is 7.47. The smallest absolute Gasteiger partial charge is 0.253 e. The highest BCUT2D eigenvalue weighted by molar-refractivity contribution is 7.80. The van der Waals surface area contributed by atoms with Crippen LogP contribution >= 0.6 is 12.6 Å². The summed E-state index contributed by atoms with van der Waals surface area (Å²) in [5.74, 6) is 1.09. The van der Waals surface area contributed by atoms with Crippen LogP contribution in [0.4, 0.5) is 0 Å². The van der Waals surface area contributed by atoms with Gasteiger partial charge >= 0.3 is 0 Å². The Bertz CT molecular complexity index is 448. The van der Waals surface area contributed by atoms with Crippen molar-refractivity contribution in [3.63, 3.8) is 0 Å². The Morgan fingerprint density at radius 3 is 2.32 bits per heavy atom. The van der Waals surface area contributed by atoms with Crippen molar-refractivity contribution >= 4 is 18.5 Å². The molecule has 0 spiro atoms. The lowest BCUT2D eigenvalue weighted by Gasteiger charge is -2.34. The highest BCUT2D eigenvalue weighted by Crippen LogP contribution is 2.30. The van der Waals surface area contributed by atoms with Crippen LogP contribution in [0.15, 0.2) is 29.2 Å². The van der Waals surface area contributed by atoms with Gasteiger partial charge in [0, 0.05) is 43.2 Å². The maximum Gasteiger partial charge on any atom is 0.253 e. The molecule has 102 valence electrons. The van der Waals surface area contributed by atoms with Crippen LogP contribution in [0.5, 0.6) is 0 Å². The molecule has 2 aliphatic rings. The average Bonchev–Trinajstić information content (AvgIpc) is 3.24. The number of hydrogen-bond donors (Lipinski definition) is 1. The molecule has 3 rings (SSSR count). The second-order valence-electron chi connectivity index (χ2n) is 5.58. The van der Waals surface area contributed by atoms with Gasteiger partial charge in [-0.25, -0.2) is 0 Å². The van der Waals surface area contributed by atoms with Crippen molar-refractivity contribution in [1.29, 1.82) is 0 Å². The summed E-state index contributed by atoms with van der Waals surface area (Å²) in [5, 5.41) is 0. The van der Waals surface area contributed by atoms with E-state index >= 15 is 0 Å². The Balaban J connectivity index is 1.55. The summed E-state index contributed by atoms with van der Waals surface area (Å²) >= 11 is 4.25. The largest absolute Gasteiger partial charge is 0.336 e. The van der Waals surface area contributed by atoms with E-state index in [2.05, 4.69) is 17.5 Å². The zero-order valence-electron chi connectivity index (χ0n) is 11.1. The summed E-state index contributed by atoms with van der Waals surface area (Å²) in [7, 11) is 0. The standard InChI is InChI=1S/C15H20N2OS/c18-15(13-3-5-14(19)6-4-13)17-9-7-16(8-10-17)11-12-1-2-12/h3-6,12,19H,1-2,7-11H2. The Hall–Kier alpha value is -1.00. The first-order chi connectivity index (χ1) is 9.22. The van der Waals surface area contributed by atoms with Crippen LogP contribution < -0.4 is 0 Å². The van der Waals surface area contributed by atoms with Crippen molar-refractivity contribution in [3.8, 4) is 0 Å². The van der Waals surface area contributed by atoms with Crippen LogP contribution in [0.1, 0.15) is 23.2 Å². The van der Waals surface area contributed by atoms with Crippen LogP contribution in [0.2, 0.25) is 0 Å². The highest BCUT2D eigenvalue weighted by atomic mass is 32.1. The number of nitrogens with zero attached hydrogens (tertiary/aromatic N) is 2. The number of amides is 1. The van der Waals surface area contributed by atoms with E-state index in [1.807, 2.05) is 29.2 Å². The first-order valence-corrected chi connectivity index (χ1v) is 7.48. The number of thiol groups is 1. The fourth-order valence-corrected chi connectivity index (χ4v) is 2.73. The topological polar surface area (TPSA) is 23.6 Å². The van der Waals surface area contributed by atoms with Gasteiger partial charge in [0.25, 0.3) is 5.91 Å². The van der Waals surface area contributed by atoms with Crippen molar-refractivity contribution in [2.24, 2.45) is 5.92 Å². The van der Waals surface area contributed by atoms with E-state index in [0.29, 0.717) is 0 Å². The minimum Gasteiger partial charge on any atom is -0.336 e. The quantitative estimate of drug-likeness (QED) is 0.855. The van der Waals surface area contributed by atoms with Gasteiger partial charge in [-0.05, 0) is 43.0 Å². The third-order valence-corrected chi connectivity index (χ3v) is 4.29. The van der Waals surface area contributed by atoms with Crippen molar-refractivity contribution in [3.05, 3.63) is 29.8 Å². The van der Waals surface area contributed by atoms with E-state index in [-0.39, 0.29) is 5.91 Å². The number of piperazine rings is 1. The molecule has 19 heavy (non-hydrogen) atoms. The molecular formula is C15H20N2OS. The summed E-state index contributed by atoms with van der Waals surface area (Å²) in [6.45, 7) is 4.98. The summed E-state index contributed by atoms with van der Waals surface area (Å²) < 4.78 is 0. The number of hydrogen-bond acceptors (Lipinski definition) is 3. The Labute approximate surface area is 120 Å². The molecule has 0 bridgehead atoms. The van der Waals surface area contributed by atoms with E-state index in [4.69, 9.17) is 0 Å². The fourth-order valence-electron chi connectivity index (χ4n) is 2.59. The maximum atomic E-state index is 12.3. The summed E-state index contributed by atoms with van der Waals surface area (Å²) in [4.78, 5) is 17.7. The van der Waals surface area contributed by atoms with Crippen molar-refractivity contribution in [1.82, 2.24) is 9.80 Å². The van der Waals surface area contributed by atoms with Crippen LogP contribution in [0.25, 0.3) is 0 Å². The first kappa shape index (κ1) is 13.0. The predicted molar refractivity (Wildman–Crippen MR) is 78.8 cm³/mol. The van der Waals surface area contributed by atoms with Crippen LogP contribution in [-0.2, 0) is 0 Å². The molecular weight excluding hydrogens is 256 g/mol. The van der Waals surface area contributed by atoms with Crippen molar-refractivity contribution < 1.29 is 4.79 Å². The van der Waals surface area contributed by atoms with Crippen LogP contribution in [-0.4, -0.2) is 48.4 Å². The molecule has 3 nitrogen and oxygen atoms in total. The first-order valence-electron chi connectivity index (χ1n) is 7.03. The molecule has 0 aromatic heterocycles. The van der Waals surface area contributed by atoms with Gasteiger partial charge in [0.05, 0.1) is 0 Å². The lowest BCUT2D eigenvalue weighted by atomic mass is 10.2. The average molecular weight is 276 g/mol. The number of benzene rings is 1. The molecule has 2 fully saturated rings. The molecule has 1 aromatic rings. The normalized spacial score (nSPS) is 20.6. The minimum atomic E-state index is 0.152.